The summed E-state index contributed by atoms with van der Waals surface area (Å²) in [6, 6.07) is 16.6. The Labute approximate surface area is 155 Å². The molecule has 0 atom stereocenters. The van der Waals surface area contributed by atoms with Crippen LogP contribution in [0.25, 0.3) is 11.3 Å². The van der Waals surface area contributed by atoms with E-state index in [9.17, 15) is 4.79 Å². The van der Waals surface area contributed by atoms with Crippen molar-refractivity contribution >= 4 is 40.5 Å². The SMILES string of the molecule is CC(=O)Nc1ccc(NCc2ccc(-c3cc(Cl)cc(Cl)c3)o2)cc1. The second-order valence-corrected chi connectivity index (χ2v) is 6.41. The highest BCUT2D eigenvalue weighted by Crippen LogP contribution is 2.28. The summed E-state index contributed by atoms with van der Waals surface area (Å²) in [5.41, 5.74) is 2.53. The third kappa shape index (κ3) is 4.78. The van der Waals surface area contributed by atoms with Gasteiger partial charge in [0.05, 0.1) is 6.54 Å². The molecule has 128 valence electrons. The lowest BCUT2D eigenvalue weighted by Gasteiger charge is -2.06. The summed E-state index contributed by atoms with van der Waals surface area (Å²) in [7, 11) is 0. The number of halogens is 2. The Balaban J connectivity index is 1.64. The number of hydrogen-bond donors (Lipinski definition) is 2. The van der Waals surface area contributed by atoms with E-state index in [4.69, 9.17) is 27.6 Å². The fraction of sp³-hybridized carbons (Fsp3) is 0.105. The van der Waals surface area contributed by atoms with Gasteiger partial charge in [0.15, 0.2) is 0 Å². The monoisotopic (exact) mass is 374 g/mol. The molecule has 1 amide bonds. The van der Waals surface area contributed by atoms with Gasteiger partial charge in [0.1, 0.15) is 11.5 Å². The summed E-state index contributed by atoms with van der Waals surface area (Å²) < 4.78 is 5.84. The quantitative estimate of drug-likeness (QED) is 0.591. The Morgan fingerprint density at radius 1 is 0.960 bits per heavy atom. The van der Waals surface area contributed by atoms with Gasteiger partial charge < -0.3 is 15.1 Å². The number of benzene rings is 2. The maximum Gasteiger partial charge on any atom is 0.221 e. The Bertz CT molecular complexity index is 868. The molecule has 3 rings (SSSR count). The fourth-order valence-electron chi connectivity index (χ4n) is 2.39. The van der Waals surface area contributed by atoms with Crippen molar-refractivity contribution in [3.8, 4) is 11.3 Å². The van der Waals surface area contributed by atoms with Gasteiger partial charge in [0.25, 0.3) is 0 Å². The van der Waals surface area contributed by atoms with E-state index in [1.165, 1.54) is 6.92 Å². The summed E-state index contributed by atoms with van der Waals surface area (Å²) in [5, 5.41) is 7.13. The Morgan fingerprint density at radius 3 is 2.24 bits per heavy atom. The lowest BCUT2D eigenvalue weighted by molar-refractivity contribution is -0.114. The molecule has 0 aliphatic rings. The van der Waals surface area contributed by atoms with Gasteiger partial charge in [-0.15, -0.1) is 0 Å². The minimum atomic E-state index is -0.0926. The number of amides is 1. The predicted molar refractivity (Wildman–Crippen MR) is 102 cm³/mol. The number of rotatable bonds is 5. The molecule has 0 aliphatic carbocycles. The molecule has 25 heavy (non-hydrogen) atoms. The molecule has 0 radical (unpaired) electrons. The molecule has 0 unspecified atom stereocenters. The molecular formula is C19H16Cl2N2O2. The molecule has 0 bridgehead atoms. The van der Waals surface area contributed by atoms with E-state index >= 15 is 0 Å². The number of anilines is 2. The van der Waals surface area contributed by atoms with Crippen molar-refractivity contribution < 1.29 is 9.21 Å². The average molecular weight is 375 g/mol. The highest BCUT2D eigenvalue weighted by atomic mass is 35.5. The van der Waals surface area contributed by atoms with Crippen molar-refractivity contribution in [2.24, 2.45) is 0 Å². The first-order valence-electron chi connectivity index (χ1n) is 7.66. The first-order valence-corrected chi connectivity index (χ1v) is 8.42. The minimum absolute atomic E-state index is 0.0926. The molecule has 1 aromatic heterocycles. The van der Waals surface area contributed by atoms with E-state index in [1.54, 1.807) is 6.07 Å². The molecule has 3 aromatic rings. The molecule has 1 heterocycles. The zero-order valence-electron chi connectivity index (χ0n) is 13.5. The minimum Gasteiger partial charge on any atom is -0.459 e. The van der Waals surface area contributed by atoms with Crippen LogP contribution in [0.15, 0.2) is 59.0 Å². The molecule has 6 heteroatoms. The van der Waals surface area contributed by atoms with E-state index in [1.807, 2.05) is 48.5 Å². The molecule has 0 fully saturated rings. The average Bonchev–Trinajstić information content (AvgIpc) is 3.02. The number of nitrogens with one attached hydrogen (secondary N) is 2. The van der Waals surface area contributed by atoms with Gasteiger partial charge in [-0.2, -0.15) is 0 Å². The van der Waals surface area contributed by atoms with Crippen molar-refractivity contribution in [1.29, 1.82) is 0 Å². The van der Waals surface area contributed by atoms with E-state index in [0.717, 1.165) is 22.7 Å². The number of hydrogen-bond acceptors (Lipinski definition) is 3. The first kappa shape index (κ1) is 17.4. The van der Waals surface area contributed by atoms with Gasteiger partial charge in [0.2, 0.25) is 5.91 Å². The summed E-state index contributed by atoms with van der Waals surface area (Å²) in [4.78, 5) is 11.0. The van der Waals surface area contributed by atoms with Gasteiger partial charge in [-0.25, -0.2) is 0 Å². The number of carbonyl (C=O) groups is 1. The van der Waals surface area contributed by atoms with Crippen LogP contribution in [0.2, 0.25) is 10.0 Å². The van der Waals surface area contributed by atoms with Gasteiger partial charge in [-0.1, -0.05) is 23.2 Å². The van der Waals surface area contributed by atoms with E-state index in [0.29, 0.717) is 22.4 Å². The van der Waals surface area contributed by atoms with Crippen molar-refractivity contribution in [2.75, 3.05) is 10.6 Å². The fourth-order valence-corrected chi connectivity index (χ4v) is 2.91. The third-order valence-corrected chi connectivity index (χ3v) is 3.92. The second kappa shape index (κ2) is 7.64. The normalized spacial score (nSPS) is 10.5. The molecule has 0 spiro atoms. The lowest BCUT2D eigenvalue weighted by Crippen LogP contribution is -2.05. The maximum absolute atomic E-state index is 11.0. The van der Waals surface area contributed by atoms with E-state index in [2.05, 4.69) is 10.6 Å². The summed E-state index contributed by atoms with van der Waals surface area (Å²) in [6.45, 7) is 2.02. The van der Waals surface area contributed by atoms with Gasteiger partial charge in [-0.3, -0.25) is 4.79 Å². The van der Waals surface area contributed by atoms with Crippen LogP contribution < -0.4 is 10.6 Å². The molecular weight excluding hydrogens is 359 g/mol. The van der Waals surface area contributed by atoms with Crippen molar-refractivity contribution in [3.05, 3.63) is 70.4 Å². The Morgan fingerprint density at radius 2 is 1.60 bits per heavy atom. The molecule has 0 aliphatic heterocycles. The van der Waals surface area contributed by atoms with Crippen molar-refractivity contribution in [1.82, 2.24) is 0 Å². The first-order chi connectivity index (χ1) is 12.0. The van der Waals surface area contributed by atoms with Crippen molar-refractivity contribution in [3.63, 3.8) is 0 Å². The van der Waals surface area contributed by atoms with Crippen LogP contribution in [0.1, 0.15) is 12.7 Å². The van der Waals surface area contributed by atoms with Gasteiger partial charge in [-0.05, 0) is 54.6 Å². The van der Waals surface area contributed by atoms with Gasteiger partial charge >= 0.3 is 0 Å². The number of furan rings is 1. The highest BCUT2D eigenvalue weighted by Gasteiger charge is 2.07. The molecule has 0 saturated heterocycles. The predicted octanol–water partition coefficient (Wildman–Crippen LogP) is 5.82. The molecule has 0 saturated carbocycles. The van der Waals surface area contributed by atoms with Crippen LogP contribution in [0.3, 0.4) is 0 Å². The molecule has 4 nitrogen and oxygen atoms in total. The summed E-state index contributed by atoms with van der Waals surface area (Å²) in [6.07, 6.45) is 0. The largest absolute Gasteiger partial charge is 0.459 e. The smallest absolute Gasteiger partial charge is 0.221 e. The van der Waals surface area contributed by atoms with Crippen LogP contribution in [0, 0.1) is 0 Å². The van der Waals surface area contributed by atoms with Crippen LogP contribution in [0.4, 0.5) is 11.4 Å². The highest BCUT2D eigenvalue weighted by molar-refractivity contribution is 6.35. The van der Waals surface area contributed by atoms with Gasteiger partial charge in [0, 0.05) is 33.9 Å². The standard InChI is InChI=1S/C19H16Cl2N2O2/c1-12(24)23-17-4-2-16(3-5-17)22-11-18-6-7-19(25-18)13-8-14(20)10-15(21)9-13/h2-10,22H,11H2,1H3,(H,23,24). The number of carbonyl (C=O) groups excluding carboxylic acids is 1. The third-order valence-electron chi connectivity index (χ3n) is 3.48. The van der Waals surface area contributed by atoms with Crippen LogP contribution in [-0.2, 0) is 11.3 Å². The lowest BCUT2D eigenvalue weighted by atomic mass is 10.2. The maximum atomic E-state index is 11.0. The summed E-state index contributed by atoms with van der Waals surface area (Å²) in [5.74, 6) is 1.41. The van der Waals surface area contributed by atoms with E-state index in [-0.39, 0.29) is 5.91 Å². The zero-order chi connectivity index (χ0) is 17.8. The van der Waals surface area contributed by atoms with E-state index < -0.39 is 0 Å². The van der Waals surface area contributed by atoms with Crippen LogP contribution in [0.5, 0.6) is 0 Å². The Kier molecular flexibility index (Phi) is 5.31. The van der Waals surface area contributed by atoms with Crippen LogP contribution in [-0.4, -0.2) is 5.91 Å². The summed E-state index contributed by atoms with van der Waals surface area (Å²) >= 11 is 12.1. The molecule has 2 N–H and O–H groups in total. The zero-order valence-corrected chi connectivity index (χ0v) is 15.0. The second-order valence-electron chi connectivity index (χ2n) is 5.54. The van der Waals surface area contributed by atoms with Crippen molar-refractivity contribution in [2.45, 2.75) is 13.5 Å². The van der Waals surface area contributed by atoms with Crippen LogP contribution >= 0.6 is 23.2 Å². The molecule has 2 aromatic carbocycles. The topological polar surface area (TPSA) is 54.3 Å². The Hall–Kier alpha value is -2.43.